The monoisotopic (exact) mass is 303 g/mol. The van der Waals surface area contributed by atoms with E-state index in [1.807, 2.05) is 0 Å². The Morgan fingerprint density at radius 3 is 3.00 bits per heavy atom. The summed E-state index contributed by atoms with van der Waals surface area (Å²) in [4.78, 5) is 22.0. The Balaban J connectivity index is 2.09. The van der Waals surface area contributed by atoms with Crippen molar-refractivity contribution in [3.63, 3.8) is 0 Å². The summed E-state index contributed by atoms with van der Waals surface area (Å²) in [6, 6.07) is 7.03. The van der Waals surface area contributed by atoms with Crippen LogP contribution in [0.15, 0.2) is 35.6 Å². The van der Waals surface area contributed by atoms with Gasteiger partial charge >= 0.3 is 5.69 Å². The van der Waals surface area contributed by atoms with Gasteiger partial charge < -0.3 is 4.74 Å². The molecule has 1 N–H and O–H groups in total. The van der Waals surface area contributed by atoms with Crippen molar-refractivity contribution in [1.82, 2.24) is 15.2 Å². The number of rotatable bonds is 5. The number of nitro groups is 1. The molecule has 0 radical (unpaired) electrons. The summed E-state index contributed by atoms with van der Waals surface area (Å²) in [5.74, 6) is -0.109. The van der Waals surface area contributed by atoms with Gasteiger partial charge in [-0.25, -0.2) is 5.43 Å². The van der Waals surface area contributed by atoms with Gasteiger partial charge in [-0.3, -0.25) is 19.6 Å². The van der Waals surface area contributed by atoms with Crippen LogP contribution in [0.25, 0.3) is 0 Å². The van der Waals surface area contributed by atoms with Crippen LogP contribution in [0, 0.1) is 10.1 Å². The van der Waals surface area contributed by atoms with Crippen LogP contribution in [-0.2, 0) is 7.05 Å². The minimum atomic E-state index is -0.758. The van der Waals surface area contributed by atoms with E-state index >= 15 is 0 Å². The van der Waals surface area contributed by atoms with Gasteiger partial charge in [-0.15, -0.1) is 0 Å². The summed E-state index contributed by atoms with van der Waals surface area (Å²) in [7, 11) is 3.03. The fourth-order valence-corrected chi connectivity index (χ4v) is 1.71. The molecule has 2 rings (SSSR count). The number of nitrogens with zero attached hydrogens (tertiary/aromatic N) is 4. The number of ether oxygens (including phenoxy) is 1. The molecule has 114 valence electrons. The van der Waals surface area contributed by atoms with Gasteiger partial charge in [-0.2, -0.15) is 10.2 Å². The lowest BCUT2D eigenvalue weighted by Crippen LogP contribution is -2.19. The number of aryl methyl sites for hydroxylation is 1. The molecule has 9 nitrogen and oxygen atoms in total. The second-order valence-corrected chi connectivity index (χ2v) is 4.27. The van der Waals surface area contributed by atoms with E-state index in [-0.39, 0.29) is 11.4 Å². The molecular formula is C13H13N5O4. The topological polar surface area (TPSA) is 112 Å². The molecule has 0 spiro atoms. The molecule has 1 aromatic heterocycles. The largest absolute Gasteiger partial charge is 0.497 e. The van der Waals surface area contributed by atoms with Crippen LogP contribution < -0.4 is 10.2 Å². The van der Waals surface area contributed by atoms with Crippen molar-refractivity contribution in [2.24, 2.45) is 12.1 Å². The fourth-order valence-electron chi connectivity index (χ4n) is 1.71. The van der Waals surface area contributed by atoms with Gasteiger partial charge in [0.05, 0.1) is 18.2 Å². The average Bonchev–Trinajstić information content (AvgIpc) is 2.90. The Kier molecular flexibility index (Phi) is 4.47. The zero-order valence-electron chi connectivity index (χ0n) is 11.9. The first-order chi connectivity index (χ1) is 10.5. The van der Waals surface area contributed by atoms with Crippen molar-refractivity contribution in [3.05, 3.63) is 51.8 Å². The number of hydrazone groups is 1. The predicted molar refractivity (Wildman–Crippen MR) is 77.9 cm³/mol. The highest BCUT2D eigenvalue weighted by Gasteiger charge is 2.24. The van der Waals surface area contributed by atoms with E-state index in [9.17, 15) is 14.9 Å². The van der Waals surface area contributed by atoms with Crippen LogP contribution in [0.5, 0.6) is 5.75 Å². The molecule has 9 heteroatoms. The number of hydrogen-bond donors (Lipinski definition) is 1. The molecule has 0 unspecified atom stereocenters. The maximum atomic E-state index is 11.9. The molecule has 1 amide bonds. The number of carbonyl (C=O) groups excluding carboxylic acids is 1. The average molecular weight is 303 g/mol. The third-order valence-corrected chi connectivity index (χ3v) is 2.69. The number of carbonyl (C=O) groups is 1. The third kappa shape index (κ3) is 3.45. The van der Waals surface area contributed by atoms with E-state index in [1.54, 1.807) is 24.3 Å². The molecular weight excluding hydrogens is 290 g/mol. The number of aromatic nitrogens is 2. The maximum Gasteiger partial charge on any atom is 0.320 e. The molecule has 1 heterocycles. The first-order valence-electron chi connectivity index (χ1n) is 6.16. The van der Waals surface area contributed by atoms with Crippen LogP contribution in [-0.4, -0.2) is 33.9 Å². The Hall–Kier alpha value is -3.23. The lowest BCUT2D eigenvalue weighted by atomic mass is 10.2. The second-order valence-electron chi connectivity index (χ2n) is 4.27. The standard InChI is InChI=1S/C13H13N5O4/c1-17-8-11(18(20)21)12(16-17)13(19)15-14-7-9-4-3-5-10(6-9)22-2/h3-8H,1-2H3,(H,15,19)/b14-7-. The van der Waals surface area contributed by atoms with Gasteiger partial charge in [0.2, 0.25) is 5.69 Å². The van der Waals surface area contributed by atoms with Crippen molar-refractivity contribution in [3.8, 4) is 5.75 Å². The summed E-state index contributed by atoms with van der Waals surface area (Å²) in [6.07, 6.45) is 2.55. The van der Waals surface area contributed by atoms with Crippen molar-refractivity contribution >= 4 is 17.8 Å². The Morgan fingerprint density at radius 2 is 2.32 bits per heavy atom. The molecule has 0 atom stereocenters. The van der Waals surface area contributed by atoms with E-state index in [1.165, 1.54) is 25.1 Å². The highest BCUT2D eigenvalue weighted by Crippen LogP contribution is 2.15. The number of benzene rings is 1. The van der Waals surface area contributed by atoms with Crippen LogP contribution in [0.2, 0.25) is 0 Å². The summed E-state index contributed by atoms with van der Waals surface area (Å²) in [5.41, 5.74) is 2.23. The lowest BCUT2D eigenvalue weighted by molar-refractivity contribution is -0.385. The van der Waals surface area contributed by atoms with Gasteiger partial charge in [0, 0.05) is 7.05 Å². The predicted octanol–water partition coefficient (Wildman–Crippen LogP) is 1.10. The fraction of sp³-hybridized carbons (Fsp3) is 0.154. The molecule has 0 saturated heterocycles. The molecule has 1 aromatic carbocycles. The molecule has 0 aliphatic carbocycles. The van der Waals surface area contributed by atoms with Gasteiger partial charge in [-0.05, 0) is 17.7 Å². The first-order valence-corrected chi connectivity index (χ1v) is 6.16. The van der Waals surface area contributed by atoms with Crippen molar-refractivity contribution in [2.75, 3.05) is 7.11 Å². The smallest absolute Gasteiger partial charge is 0.320 e. The number of nitrogens with one attached hydrogen (secondary N) is 1. The molecule has 0 bridgehead atoms. The normalized spacial score (nSPS) is 10.6. The number of methoxy groups -OCH3 is 1. The van der Waals surface area contributed by atoms with Crippen LogP contribution >= 0.6 is 0 Å². The highest BCUT2D eigenvalue weighted by atomic mass is 16.6. The van der Waals surface area contributed by atoms with Crippen LogP contribution in [0.1, 0.15) is 16.1 Å². The Bertz CT molecular complexity index is 738. The van der Waals surface area contributed by atoms with Gasteiger partial charge in [0.25, 0.3) is 5.91 Å². The second kappa shape index (κ2) is 6.48. The molecule has 0 aliphatic rings. The highest BCUT2D eigenvalue weighted by molar-refractivity contribution is 5.96. The lowest BCUT2D eigenvalue weighted by Gasteiger charge is -2.00. The third-order valence-electron chi connectivity index (χ3n) is 2.69. The molecule has 2 aromatic rings. The van der Waals surface area contributed by atoms with E-state index in [0.29, 0.717) is 11.3 Å². The van der Waals surface area contributed by atoms with E-state index in [2.05, 4.69) is 15.6 Å². The summed E-state index contributed by atoms with van der Waals surface area (Å²) in [6.45, 7) is 0. The van der Waals surface area contributed by atoms with Crippen LogP contribution in [0.4, 0.5) is 5.69 Å². The zero-order chi connectivity index (χ0) is 16.1. The molecule has 0 aliphatic heterocycles. The maximum absolute atomic E-state index is 11.9. The SMILES string of the molecule is COc1cccc(/C=N\NC(=O)c2nn(C)cc2[N+](=O)[O-])c1. The summed E-state index contributed by atoms with van der Waals surface area (Å²) >= 11 is 0. The van der Waals surface area contributed by atoms with Crippen LogP contribution in [0.3, 0.4) is 0 Å². The minimum Gasteiger partial charge on any atom is -0.497 e. The van der Waals surface area contributed by atoms with Crippen molar-refractivity contribution in [2.45, 2.75) is 0 Å². The summed E-state index contributed by atoms with van der Waals surface area (Å²) < 4.78 is 6.25. The number of amides is 1. The van der Waals surface area contributed by atoms with Crippen molar-refractivity contribution < 1.29 is 14.5 Å². The first kappa shape index (κ1) is 15.2. The van der Waals surface area contributed by atoms with Crippen molar-refractivity contribution in [1.29, 1.82) is 0 Å². The zero-order valence-corrected chi connectivity index (χ0v) is 11.9. The van der Waals surface area contributed by atoms with Gasteiger partial charge in [0.15, 0.2) is 0 Å². The van der Waals surface area contributed by atoms with E-state index in [0.717, 1.165) is 6.20 Å². The summed E-state index contributed by atoms with van der Waals surface area (Å²) in [5, 5.41) is 18.3. The molecule has 0 fully saturated rings. The molecule has 22 heavy (non-hydrogen) atoms. The van der Waals surface area contributed by atoms with Gasteiger partial charge in [0.1, 0.15) is 11.9 Å². The quantitative estimate of drug-likeness (QED) is 0.505. The van der Waals surface area contributed by atoms with E-state index < -0.39 is 10.8 Å². The Morgan fingerprint density at radius 1 is 1.55 bits per heavy atom. The number of hydrogen-bond acceptors (Lipinski definition) is 6. The van der Waals surface area contributed by atoms with Gasteiger partial charge in [-0.1, -0.05) is 12.1 Å². The Labute approximate surface area is 125 Å². The van der Waals surface area contributed by atoms with E-state index in [4.69, 9.17) is 4.74 Å². The molecule has 0 saturated carbocycles. The minimum absolute atomic E-state index is 0.296.